The highest BCUT2D eigenvalue weighted by molar-refractivity contribution is 6.14. The predicted molar refractivity (Wildman–Crippen MR) is 77.1 cm³/mol. The minimum atomic E-state index is -0.319. The molecule has 0 aliphatic heterocycles. The highest BCUT2D eigenvalue weighted by atomic mass is 16.5. The summed E-state index contributed by atoms with van der Waals surface area (Å²) in [6, 6.07) is 9.86. The van der Waals surface area contributed by atoms with Crippen LogP contribution in [0.1, 0.15) is 27.1 Å². The number of ether oxygens (including phenoxy) is 2. The van der Waals surface area contributed by atoms with Crippen molar-refractivity contribution in [3.63, 3.8) is 0 Å². The van der Waals surface area contributed by atoms with Crippen molar-refractivity contribution >= 4 is 11.6 Å². The van der Waals surface area contributed by atoms with Crippen LogP contribution in [0.4, 0.5) is 0 Å². The van der Waals surface area contributed by atoms with Gasteiger partial charge in [0.15, 0.2) is 11.6 Å². The van der Waals surface area contributed by atoms with Gasteiger partial charge in [-0.15, -0.1) is 0 Å². The molecule has 108 valence electrons. The summed E-state index contributed by atoms with van der Waals surface area (Å²) in [5.74, 6) is 0.311. The molecule has 0 fully saturated rings. The maximum atomic E-state index is 12.2. The van der Waals surface area contributed by atoms with Crippen LogP contribution in [0.3, 0.4) is 0 Å². The van der Waals surface area contributed by atoms with Gasteiger partial charge in [0.2, 0.25) is 5.88 Å². The van der Waals surface area contributed by atoms with E-state index in [2.05, 4.69) is 4.98 Å². The number of Topliss-reactive ketones (excluding diaryl/α,β-unsaturated/α-hetero) is 2. The summed E-state index contributed by atoms with van der Waals surface area (Å²) in [5, 5.41) is 0. The van der Waals surface area contributed by atoms with Crippen molar-refractivity contribution in [1.29, 1.82) is 0 Å². The molecule has 5 heteroatoms. The molecule has 1 aromatic carbocycles. The van der Waals surface area contributed by atoms with E-state index in [4.69, 9.17) is 9.47 Å². The highest BCUT2D eigenvalue weighted by Gasteiger charge is 2.17. The first-order valence-corrected chi connectivity index (χ1v) is 6.35. The molecule has 1 heterocycles. The van der Waals surface area contributed by atoms with E-state index < -0.39 is 0 Å². The fourth-order valence-corrected chi connectivity index (χ4v) is 1.89. The van der Waals surface area contributed by atoms with Crippen LogP contribution < -0.4 is 9.47 Å². The summed E-state index contributed by atoms with van der Waals surface area (Å²) in [4.78, 5) is 28.2. The van der Waals surface area contributed by atoms with Gasteiger partial charge < -0.3 is 9.47 Å². The number of nitrogens with zero attached hydrogens (tertiary/aromatic N) is 1. The smallest absolute Gasteiger partial charge is 0.224 e. The average Bonchev–Trinajstić information content (AvgIpc) is 2.54. The van der Waals surface area contributed by atoms with Gasteiger partial charge in [-0.05, 0) is 36.4 Å². The number of rotatable bonds is 6. The van der Waals surface area contributed by atoms with Crippen molar-refractivity contribution in [1.82, 2.24) is 4.98 Å². The summed E-state index contributed by atoms with van der Waals surface area (Å²) in [6.45, 7) is 0. The van der Waals surface area contributed by atoms with Crippen molar-refractivity contribution in [3.05, 3.63) is 53.7 Å². The zero-order chi connectivity index (χ0) is 15.2. The Bertz CT molecular complexity index is 650. The molecule has 0 saturated carbocycles. The Morgan fingerprint density at radius 1 is 1.00 bits per heavy atom. The van der Waals surface area contributed by atoms with Crippen molar-refractivity contribution in [3.8, 4) is 11.6 Å². The van der Waals surface area contributed by atoms with Crippen LogP contribution in [0.5, 0.6) is 11.6 Å². The molecule has 2 rings (SSSR count). The van der Waals surface area contributed by atoms with E-state index in [0.717, 1.165) is 0 Å². The van der Waals surface area contributed by atoms with Gasteiger partial charge in [0.1, 0.15) is 5.75 Å². The van der Waals surface area contributed by atoms with Crippen LogP contribution in [0, 0.1) is 0 Å². The number of methoxy groups -OCH3 is 2. The maximum Gasteiger partial charge on any atom is 0.224 e. The molecule has 0 aliphatic carbocycles. The molecular weight excluding hydrogens is 270 g/mol. The molecule has 0 saturated heterocycles. The zero-order valence-corrected chi connectivity index (χ0v) is 11.8. The summed E-state index contributed by atoms with van der Waals surface area (Å²) in [5.41, 5.74) is 0.772. The second kappa shape index (κ2) is 6.65. The SMILES string of the molecule is COc1ccc(C(=O)CC(=O)c2cccnc2OC)cc1. The topological polar surface area (TPSA) is 65.5 Å². The van der Waals surface area contributed by atoms with Crippen molar-refractivity contribution in [2.45, 2.75) is 6.42 Å². The molecule has 0 bridgehead atoms. The third-order valence-corrected chi connectivity index (χ3v) is 3.00. The van der Waals surface area contributed by atoms with Crippen LogP contribution in [-0.4, -0.2) is 30.8 Å². The van der Waals surface area contributed by atoms with E-state index in [1.165, 1.54) is 13.3 Å². The molecule has 0 aliphatic rings. The fourth-order valence-electron chi connectivity index (χ4n) is 1.89. The van der Waals surface area contributed by atoms with Crippen molar-refractivity contribution in [2.24, 2.45) is 0 Å². The third-order valence-electron chi connectivity index (χ3n) is 3.00. The number of pyridine rings is 1. The summed E-state index contributed by atoms with van der Waals surface area (Å²) >= 11 is 0. The van der Waals surface area contributed by atoms with E-state index in [-0.39, 0.29) is 23.9 Å². The Morgan fingerprint density at radius 2 is 1.71 bits per heavy atom. The molecule has 0 atom stereocenters. The van der Waals surface area contributed by atoms with Crippen LogP contribution in [0.2, 0.25) is 0 Å². The molecule has 0 radical (unpaired) electrons. The summed E-state index contributed by atoms with van der Waals surface area (Å²) in [6.07, 6.45) is 1.30. The minimum absolute atomic E-state index is 0.227. The third kappa shape index (κ3) is 3.45. The summed E-state index contributed by atoms with van der Waals surface area (Å²) in [7, 11) is 2.99. The minimum Gasteiger partial charge on any atom is -0.497 e. The van der Waals surface area contributed by atoms with Gasteiger partial charge in [0, 0.05) is 11.8 Å². The van der Waals surface area contributed by atoms with E-state index in [1.54, 1.807) is 43.5 Å². The average molecular weight is 285 g/mol. The van der Waals surface area contributed by atoms with Gasteiger partial charge in [-0.3, -0.25) is 9.59 Å². The van der Waals surface area contributed by atoms with Crippen LogP contribution >= 0.6 is 0 Å². The standard InChI is InChI=1S/C16H15NO4/c1-20-12-7-5-11(6-8-12)14(18)10-15(19)13-4-3-9-17-16(13)21-2/h3-9H,10H2,1-2H3. The number of hydrogen-bond donors (Lipinski definition) is 0. The Labute approximate surface area is 122 Å². The summed E-state index contributed by atoms with van der Waals surface area (Å²) < 4.78 is 10.1. The number of benzene rings is 1. The van der Waals surface area contributed by atoms with Crippen LogP contribution in [0.25, 0.3) is 0 Å². The van der Waals surface area contributed by atoms with Gasteiger partial charge in [0.05, 0.1) is 26.2 Å². The van der Waals surface area contributed by atoms with Gasteiger partial charge >= 0.3 is 0 Å². The predicted octanol–water partition coefficient (Wildman–Crippen LogP) is 2.55. The van der Waals surface area contributed by atoms with Gasteiger partial charge in [-0.25, -0.2) is 4.98 Å². The second-order valence-corrected chi connectivity index (χ2v) is 4.31. The molecular formula is C16H15NO4. The second-order valence-electron chi connectivity index (χ2n) is 4.31. The molecule has 0 unspecified atom stereocenters. The lowest BCUT2D eigenvalue weighted by atomic mass is 10.0. The largest absolute Gasteiger partial charge is 0.497 e. The quantitative estimate of drug-likeness (QED) is 0.603. The van der Waals surface area contributed by atoms with Gasteiger partial charge in [-0.1, -0.05) is 0 Å². The van der Waals surface area contributed by atoms with Gasteiger partial charge in [-0.2, -0.15) is 0 Å². The van der Waals surface area contributed by atoms with Gasteiger partial charge in [0.25, 0.3) is 0 Å². The van der Waals surface area contributed by atoms with E-state index >= 15 is 0 Å². The molecule has 0 spiro atoms. The lowest BCUT2D eigenvalue weighted by Crippen LogP contribution is -2.10. The number of hydrogen-bond acceptors (Lipinski definition) is 5. The lowest BCUT2D eigenvalue weighted by Gasteiger charge is -2.06. The highest BCUT2D eigenvalue weighted by Crippen LogP contribution is 2.18. The molecule has 21 heavy (non-hydrogen) atoms. The molecule has 0 N–H and O–H groups in total. The molecule has 5 nitrogen and oxygen atoms in total. The van der Waals surface area contributed by atoms with Crippen molar-refractivity contribution in [2.75, 3.05) is 14.2 Å². The van der Waals surface area contributed by atoms with Crippen LogP contribution in [-0.2, 0) is 0 Å². The fraction of sp³-hybridized carbons (Fsp3) is 0.188. The Morgan fingerprint density at radius 3 is 2.33 bits per heavy atom. The molecule has 0 amide bonds. The molecule has 2 aromatic rings. The Hall–Kier alpha value is -2.69. The first-order chi connectivity index (χ1) is 10.2. The normalized spacial score (nSPS) is 10.0. The number of ketones is 2. The van der Waals surface area contributed by atoms with Crippen LogP contribution in [0.15, 0.2) is 42.6 Å². The number of carbonyl (C=O) groups excluding carboxylic acids is 2. The lowest BCUT2D eigenvalue weighted by molar-refractivity contribution is 0.0892. The number of carbonyl (C=O) groups is 2. The number of aromatic nitrogens is 1. The van der Waals surface area contributed by atoms with E-state index in [1.807, 2.05) is 0 Å². The maximum absolute atomic E-state index is 12.2. The molecule has 1 aromatic heterocycles. The Balaban J connectivity index is 2.13. The van der Waals surface area contributed by atoms with E-state index in [0.29, 0.717) is 16.9 Å². The monoisotopic (exact) mass is 285 g/mol. The first-order valence-electron chi connectivity index (χ1n) is 6.35. The zero-order valence-electron chi connectivity index (χ0n) is 11.8. The Kier molecular flexibility index (Phi) is 4.66. The van der Waals surface area contributed by atoms with Crippen molar-refractivity contribution < 1.29 is 19.1 Å². The first kappa shape index (κ1) is 14.7. The van der Waals surface area contributed by atoms with E-state index in [9.17, 15) is 9.59 Å².